The number of Topliss-reactive ketones (excluding diaryl/α,β-unsaturated/α-hetero) is 1. The van der Waals surface area contributed by atoms with Crippen LogP contribution in [0.1, 0.15) is 84.1 Å². The summed E-state index contributed by atoms with van der Waals surface area (Å²) in [6.07, 6.45) is 2.80. The van der Waals surface area contributed by atoms with Gasteiger partial charge in [0.1, 0.15) is 5.76 Å². The van der Waals surface area contributed by atoms with Crippen LogP contribution < -0.4 is 14.8 Å². The lowest BCUT2D eigenvalue weighted by molar-refractivity contribution is 0.0865. The first kappa shape index (κ1) is 22.9. The molecule has 1 aromatic heterocycles. The number of hydrogen-bond donors (Lipinski definition) is 2. The fraction of sp³-hybridized carbons (Fsp3) is 0.500. The van der Waals surface area contributed by atoms with E-state index in [2.05, 4.69) is 5.32 Å². The summed E-state index contributed by atoms with van der Waals surface area (Å²) in [7, 11) is 3.14. The quantitative estimate of drug-likeness (QED) is 0.614. The van der Waals surface area contributed by atoms with E-state index in [1.54, 1.807) is 33.3 Å². The highest BCUT2D eigenvalue weighted by Crippen LogP contribution is 2.35. The maximum absolute atomic E-state index is 13.1. The van der Waals surface area contributed by atoms with Crippen molar-refractivity contribution in [3.63, 3.8) is 0 Å². The molecule has 1 fully saturated rings. The van der Waals surface area contributed by atoms with Crippen molar-refractivity contribution in [2.75, 3.05) is 14.2 Å². The lowest BCUT2D eigenvalue weighted by Gasteiger charge is -2.26. The van der Waals surface area contributed by atoms with Gasteiger partial charge in [0.25, 0.3) is 5.91 Å². The van der Waals surface area contributed by atoms with Gasteiger partial charge in [-0.25, -0.2) is 0 Å². The molecule has 0 saturated heterocycles. The molecule has 1 atom stereocenters. The van der Waals surface area contributed by atoms with Gasteiger partial charge in [0.05, 0.1) is 25.9 Å². The van der Waals surface area contributed by atoms with Gasteiger partial charge < -0.3 is 24.3 Å². The van der Waals surface area contributed by atoms with Gasteiger partial charge in [-0.2, -0.15) is 0 Å². The highest BCUT2D eigenvalue weighted by Gasteiger charge is 2.28. The average Bonchev–Trinajstić information content (AvgIpc) is 3.24. The number of ether oxygens (including phenoxy) is 2. The SMILES string of the molecule is CCC(=O)c1cc(C(=O)NC2CCC(O)CC2)c([C@@H](C)c2ccc(OC)c(OC)c2)o1. The van der Waals surface area contributed by atoms with Gasteiger partial charge in [-0.15, -0.1) is 0 Å². The molecule has 0 bridgehead atoms. The van der Waals surface area contributed by atoms with Crippen LogP contribution >= 0.6 is 0 Å². The molecule has 1 amide bonds. The summed E-state index contributed by atoms with van der Waals surface area (Å²) in [5.41, 5.74) is 1.24. The maximum atomic E-state index is 13.1. The predicted octanol–water partition coefficient (Wildman–Crippen LogP) is 4.07. The first-order valence-electron chi connectivity index (χ1n) is 10.8. The number of amides is 1. The van der Waals surface area contributed by atoms with Crippen LogP contribution in [0.4, 0.5) is 0 Å². The maximum Gasteiger partial charge on any atom is 0.255 e. The van der Waals surface area contributed by atoms with Crippen LogP contribution in [-0.4, -0.2) is 43.2 Å². The first-order chi connectivity index (χ1) is 14.9. The molecule has 0 spiro atoms. The van der Waals surface area contributed by atoms with Crippen LogP contribution in [0.5, 0.6) is 11.5 Å². The Balaban J connectivity index is 1.92. The molecule has 0 unspecified atom stereocenters. The number of methoxy groups -OCH3 is 2. The highest BCUT2D eigenvalue weighted by atomic mass is 16.5. The molecule has 0 radical (unpaired) electrons. The summed E-state index contributed by atoms with van der Waals surface area (Å²) in [6, 6.07) is 7.09. The van der Waals surface area contributed by atoms with E-state index in [-0.39, 0.29) is 35.5 Å². The minimum Gasteiger partial charge on any atom is -0.493 e. The molecule has 2 aromatic rings. The van der Waals surface area contributed by atoms with E-state index in [0.717, 1.165) is 18.4 Å². The second-order valence-electron chi connectivity index (χ2n) is 7.98. The number of rotatable bonds is 8. The smallest absolute Gasteiger partial charge is 0.255 e. The van der Waals surface area contributed by atoms with Crippen molar-refractivity contribution in [3.05, 3.63) is 46.9 Å². The molecule has 7 heteroatoms. The summed E-state index contributed by atoms with van der Waals surface area (Å²) in [5, 5.41) is 12.8. The minimum atomic E-state index is -0.295. The van der Waals surface area contributed by atoms with Crippen LogP contribution in [0, 0.1) is 0 Å². The number of benzene rings is 1. The molecular formula is C24H31NO6. The monoisotopic (exact) mass is 429 g/mol. The van der Waals surface area contributed by atoms with Crippen LogP contribution in [-0.2, 0) is 0 Å². The standard InChI is InChI=1S/C24H31NO6/c1-5-19(27)21-13-18(24(28)25-16-7-9-17(26)10-8-16)23(31-21)14(2)15-6-11-20(29-3)22(12-15)30-4/h6,11-14,16-17,26H,5,7-10H2,1-4H3,(H,25,28)/t14-,16?,17?/m0/s1. The van der Waals surface area contributed by atoms with Crippen LogP contribution in [0.15, 0.2) is 28.7 Å². The molecule has 31 heavy (non-hydrogen) atoms. The lowest BCUT2D eigenvalue weighted by atomic mass is 9.92. The zero-order valence-corrected chi connectivity index (χ0v) is 18.6. The van der Waals surface area contributed by atoms with Gasteiger partial charge in [0.15, 0.2) is 23.0 Å². The molecule has 168 valence electrons. The van der Waals surface area contributed by atoms with Crippen molar-refractivity contribution in [2.45, 2.75) is 64.0 Å². The van der Waals surface area contributed by atoms with Crippen LogP contribution in [0.2, 0.25) is 0 Å². The fourth-order valence-electron chi connectivity index (χ4n) is 3.97. The molecule has 1 aliphatic carbocycles. The van der Waals surface area contributed by atoms with E-state index in [9.17, 15) is 14.7 Å². The fourth-order valence-corrected chi connectivity index (χ4v) is 3.97. The number of aliphatic hydroxyl groups excluding tert-OH is 1. The molecule has 1 aromatic carbocycles. The number of carbonyl (C=O) groups is 2. The van der Waals surface area contributed by atoms with E-state index >= 15 is 0 Å². The van der Waals surface area contributed by atoms with Crippen molar-refractivity contribution in [1.29, 1.82) is 0 Å². The Kier molecular flexibility index (Phi) is 7.38. The molecule has 3 rings (SSSR count). The van der Waals surface area contributed by atoms with Crippen molar-refractivity contribution in [1.82, 2.24) is 5.32 Å². The van der Waals surface area contributed by atoms with Gasteiger partial charge in [0, 0.05) is 24.4 Å². The van der Waals surface area contributed by atoms with Gasteiger partial charge in [0.2, 0.25) is 0 Å². The van der Waals surface area contributed by atoms with E-state index in [1.807, 2.05) is 19.1 Å². The second-order valence-corrected chi connectivity index (χ2v) is 7.98. The Morgan fingerprint density at radius 1 is 1.13 bits per heavy atom. The minimum absolute atomic E-state index is 0.000336. The molecule has 7 nitrogen and oxygen atoms in total. The number of furan rings is 1. The van der Waals surface area contributed by atoms with E-state index in [0.29, 0.717) is 42.1 Å². The number of nitrogens with one attached hydrogen (secondary N) is 1. The Morgan fingerprint density at radius 3 is 2.42 bits per heavy atom. The van der Waals surface area contributed by atoms with Crippen molar-refractivity contribution < 1.29 is 28.6 Å². The molecule has 2 N–H and O–H groups in total. The highest BCUT2D eigenvalue weighted by molar-refractivity contribution is 6.00. The normalized spacial score (nSPS) is 19.5. The number of hydrogen-bond acceptors (Lipinski definition) is 6. The van der Waals surface area contributed by atoms with E-state index in [4.69, 9.17) is 13.9 Å². The third kappa shape index (κ3) is 5.10. The topological polar surface area (TPSA) is 98.0 Å². The van der Waals surface area contributed by atoms with Gasteiger partial charge in [-0.1, -0.05) is 19.9 Å². The molecule has 1 saturated carbocycles. The number of ketones is 1. The summed E-state index contributed by atoms with van der Waals surface area (Å²) < 4.78 is 16.6. The Hall–Kier alpha value is -2.80. The van der Waals surface area contributed by atoms with Crippen LogP contribution in [0.25, 0.3) is 0 Å². The second kappa shape index (κ2) is 10.0. The lowest BCUT2D eigenvalue weighted by Crippen LogP contribution is -2.38. The van der Waals surface area contributed by atoms with Gasteiger partial charge in [-0.05, 0) is 43.4 Å². The van der Waals surface area contributed by atoms with E-state index < -0.39 is 0 Å². The number of aliphatic hydroxyl groups is 1. The summed E-state index contributed by atoms with van der Waals surface area (Å²) >= 11 is 0. The van der Waals surface area contributed by atoms with Crippen molar-refractivity contribution >= 4 is 11.7 Å². The number of carbonyl (C=O) groups excluding carboxylic acids is 2. The Bertz CT molecular complexity index is 926. The molecular weight excluding hydrogens is 398 g/mol. The third-order valence-corrected chi connectivity index (χ3v) is 5.93. The summed E-state index contributed by atoms with van der Waals surface area (Å²) in [6.45, 7) is 3.68. The molecule has 1 aliphatic rings. The van der Waals surface area contributed by atoms with Gasteiger partial charge >= 0.3 is 0 Å². The van der Waals surface area contributed by atoms with Crippen molar-refractivity contribution in [3.8, 4) is 11.5 Å². The summed E-state index contributed by atoms with van der Waals surface area (Å²) in [4.78, 5) is 25.4. The van der Waals surface area contributed by atoms with Gasteiger partial charge in [-0.3, -0.25) is 9.59 Å². The summed E-state index contributed by atoms with van der Waals surface area (Å²) in [5.74, 6) is 1.12. The average molecular weight is 430 g/mol. The third-order valence-electron chi connectivity index (χ3n) is 5.93. The largest absolute Gasteiger partial charge is 0.493 e. The zero-order chi connectivity index (χ0) is 22.5. The first-order valence-corrected chi connectivity index (χ1v) is 10.8. The Morgan fingerprint density at radius 2 is 1.81 bits per heavy atom. The van der Waals surface area contributed by atoms with Crippen molar-refractivity contribution in [2.24, 2.45) is 0 Å². The molecule has 1 heterocycles. The predicted molar refractivity (Wildman–Crippen MR) is 116 cm³/mol. The van der Waals surface area contributed by atoms with E-state index in [1.165, 1.54) is 0 Å². The Labute approximate surface area is 182 Å². The van der Waals surface area contributed by atoms with Crippen LogP contribution in [0.3, 0.4) is 0 Å². The zero-order valence-electron chi connectivity index (χ0n) is 18.6. The molecule has 0 aliphatic heterocycles.